The maximum Gasteiger partial charge on any atom is 0.143 e. The van der Waals surface area contributed by atoms with Gasteiger partial charge in [-0.05, 0) is 66.7 Å². The highest BCUT2D eigenvalue weighted by Crippen LogP contribution is 2.24. The molecule has 0 unspecified atom stereocenters. The largest absolute Gasteiger partial charge is 0.457 e. The summed E-state index contributed by atoms with van der Waals surface area (Å²) in [6.07, 6.45) is 3.09. The number of oxime groups is 1. The Kier molecular flexibility index (Phi) is 7.42. The van der Waals surface area contributed by atoms with Gasteiger partial charge in [-0.1, -0.05) is 44.3 Å². The Morgan fingerprint density at radius 1 is 0.969 bits per heavy atom. The number of ether oxygens (including phenoxy) is 1. The van der Waals surface area contributed by atoms with Gasteiger partial charge in [0.1, 0.15) is 36.5 Å². The van der Waals surface area contributed by atoms with Gasteiger partial charge in [0, 0.05) is 25.6 Å². The first kappa shape index (κ1) is 22.3. The molecule has 0 saturated heterocycles. The van der Waals surface area contributed by atoms with Crippen molar-refractivity contribution in [3.63, 3.8) is 0 Å². The number of hydrogen-bond acceptors (Lipinski definition) is 5. The molecule has 0 aliphatic carbocycles. The predicted octanol–water partition coefficient (Wildman–Crippen LogP) is 6.76. The SMILES string of the molecule is Clc1ccc(Cl)c(CON=C(Cn2cncn2)c2ccc(Oc3ccc(Br)cc3)cc2)c1. The minimum Gasteiger partial charge on any atom is -0.457 e. The molecule has 1 aromatic heterocycles. The van der Waals surface area contributed by atoms with E-state index in [1.807, 2.05) is 48.5 Å². The molecule has 0 radical (unpaired) electrons. The van der Waals surface area contributed by atoms with Crippen molar-refractivity contribution in [3.05, 3.63) is 105 Å². The van der Waals surface area contributed by atoms with Crippen molar-refractivity contribution in [3.8, 4) is 11.5 Å². The van der Waals surface area contributed by atoms with Crippen molar-refractivity contribution < 1.29 is 9.57 Å². The third-order valence-electron chi connectivity index (χ3n) is 4.42. The van der Waals surface area contributed by atoms with Gasteiger partial charge in [-0.3, -0.25) is 0 Å². The van der Waals surface area contributed by atoms with Crippen LogP contribution in [0.4, 0.5) is 0 Å². The Morgan fingerprint density at radius 3 is 2.38 bits per heavy atom. The third-order valence-corrected chi connectivity index (χ3v) is 5.55. The predicted molar refractivity (Wildman–Crippen MR) is 128 cm³/mol. The molecule has 0 N–H and O–H groups in total. The van der Waals surface area contributed by atoms with Gasteiger partial charge in [0.15, 0.2) is 0 Å². The van der Waals surface area contributed by atoms with Crippen molar-refractivity contribution in [2.24, 2.45) is 5.16 Å². The summed E-state index contributed by atoms with van der Waals surface area (Å²) in [5, 5.41) is 9.65. The molecule has 0 fully saturated rings. The number of aromatic nitrogens is 3. The van der Waals surface area contributed by atoms with E-state index >= 15 is 0 Å². The average Bonchev–Trinajstić information content (AvgIpc) is 3.31. The normalized spacial score (nSPS) is 11.4. The van der Waals surface area contributed by atoms with Crippen molar-refractivity contribution >= 4 is 44.8 Å². The molecule has 4 rings (SSSR count). The van der Waals surface area contributed by atoms with Crippen LogP contribution in [0.25, 0.3) is 0 Å². The minimum absolute atomic E-state index is 0.186. The fourth-order valence-electron chi connectivity index (χ4n) is 2.83. The summed E-state index contributed by atoms with van der Waals surface area (Å²) in [5.41, 5.74) is 2.28. The minimum atomic E-state index is 0.186. The van der Waals surface area contributed by atoms with Crippen LogP contribution in [0.5, 0.6) is 11.5 Å². The topological polar surface area (TPSA) is 61.5 Å². The second-order valence-corrected chi connectivity index (χ2v) is 8.48. The lowest BCUT2D eigenvalue weighted by Crippen LogP contribution is -2.13. The van der Waals surface area contributed by atoms with Crippen molar-refractivity contribution in [1.29, 1.82) is 0 Å². The van der Waals surface area contributed by atoms with E-state index in [0.29, 0.717) is 28.1 Å². The molecule has 0 aliphatic rings. The van der Waals surface area contributed by atoms with E-state index in [9.17, 15) is 0 Å². The summed E-state index contributed by atoms with van der Waals surface area (Å²) in [5.74, 6) is 1.46. The highest BCUT2D eigenvalue weighted by Gasteiger charge is 2.09. The zero-order chi connectivity index (χ0) is 22.3. The zero-order valence-electron chi connectivity index (χ0n) is 16.7. The first-order valence-electron chi connectivity index (χ1n) is 9.56. The third kappa shape index (κ3) is 6.09. The van der Waals surface area contributed by atoms with Crippen LogP contribution in [0, 0.1) is 0 Å². The monoisotopic (exact) mass is 530 g/mol. The Balaban J connectivity index is 1.51. The van der Waals surface area contributed by atoms with Crippen molar-refractivity contribution in [2.45, 2.75) is 13.2 Å². The van der Waals surface area contributed by atoms with Crippen LogP contribution in [0.15, 0.2) is 89.0 Å². The van der Waals surface area contributed by atoms with Crippen LogP contribution in [0.1, 0.15) is 11.1 Å². The molecular weight excluding hydrogens is 515 g/mol. The zero-order valence-corrected chi connectivity index (χ0v) is 19.8. The second-order valence-electron chi connectivity index (χ2n) is 6.72. The lowest BCUT2D eigenvalue weighted by atomic mass is 10.1. The molecule has 1 heterocycles. The summed E-state index contributed by atoms with van der Waals surface area (Å²) < 4.78 is 8.55. The van der Waals surface area contributed by atoms with E-state index in [1.165, 1.54) is 6.33 Å². The lowest BCUT2D eigenvalue weighted by molar-refractivity contribution is 0.130. The molecule has 9 heteroatoms. The fourth-order valence-corrected chi connectivity index (χ4v) is 3.46. The summed E-state index contributed by atoms with van der Waals surface area (Å²) in [4.78, 5) is 9.59. The van der Waals surface area contributed by atoms with E-state index in [1.54, 1.807) is 29.2 Å². The molecular formula is C23H17BrCl2N4O2. The van der Waals surface area contributed by atoms with Gasteiger partial charge in [-0.2, -0.15) is 5.10 Å². The second kappa shape index (κ2) is 10.6. The standard InChI is InChI=1S/C23H17BrCl2N4O2/c24-18-3-8-21(9-4-18)32-20-6-1-16(2-7-20)23(12-30-15-27-14-28-30)29-31-13-17-11-19(25)5-10-22(17)26/h1-11,14-15H,12-13H2. The van der Waals surface area contributed by atoms with Gasteiger partial charge >= 0.3 is 0 Å². The van der Waals surface area contributed by atoms with Gasteiger partial charge in [0.25, 0.3) is 0 Å². The van der Waals surface area contributed by atoms with Crippen LogP contribution in [0.3, 0.4) is 0 Å². The highest BCUT2D eigenvalue weighted by atomic mass is 79.9. The van der Waals surface area contributed by atoms with E-state index in [0.717, 1.165) is 21.3 Å². The molecule has 3 aromatic carbocycles. The first-order chi connectivity index (χ1) is 15.6. The first-order valence-corrected chi connectivity index (χ1v) is 11.1. The molecule has 162 valence electrons. The molecule has 0 saturated carbocycles. The average molecular weight is 532 g/mol. The van der Waals surface area contributed by atoms with Crippen molar-refractivity contribution in [2.75, 3.05) is 0 Å². The maximum absolute atomic E-state index is 6.21. The quantitative estimate of drug-likeness (QED) is 0.186. The number of nitrogens with zero attached hydrogens (tertiary/aromatic N) is 4. The van der Waals surface area contributed by atoms with E-state index in [-0.39, 0.29) is 6.61 Å². The lowest BCUT2D eigenvalue weighted by Gasteiger charge is -2.10. The molecule has 6 nitrogen and oxygen atoms in total. The molecule has 0 amide bonds. The Bertz CT molecular complexity index is 1200. The number of benzene rings is 3. The molecule has 4 aromatic rings. The van der Waals surface area contributed by atoms with Crippen LogP contribution < -0.4 is 4.74 Å². The maximum atomic E-state index is 6.21. The molecule has 0 spiro atoms. The van der Waals surface area contributed by atoms with E-state index in [2.05, 4.69) is 31.2 Å². The summed E-state index contributed by atoms with van der Waals surface area (Å²) in [7, 11) is 0. The van der Waals surface area contributed by atoms with E-state index < -0.39 is 0 Å². The van der Waals surface area contributed by atoms with Crippen molar-refractivity contribution in [1.82, 2.24) is 14.8 Å². The van der Waals surface area contributed by atoms with Crippen LogP contribution in [0.2, 0.25) is 10.0 Å². The number of rotatable bonds is 8. The highest BCUT2D eigenvalue weighted by molar-refractivity contribution is 9.10. The Hall–Kier alpha value is -2.87. The Labute approximate surface area is 203 Å². The van der Waals surface area contributed by atoms with Gasteiger partial charge in [0.05, 0.1) is 6.54 Å². The molecule has 0 atom stereocenters. The molecule has 32 heavy (non-hydrogen) atoms. The molecule has 0 aliphatic heterocycles. The smallest absolute Gasteiger partial charge is 0.143 e. The van der Waals surface area contributed by atoms with Gasteiger partial charge in [-0.15, -0.1) is 0 Å². The number of hydrogen-bond donors (Lipinski definition) is 0. The summed E-state index contributed by atoms with van der Waals surface area (Å²) in [6, 6.07) is 20.4. The van der Waals surface area contributed by atoms with Crippen LogP contribution >= 0.6 is 39.1 Å². The summed E-state index contributed by atoms with van der Waals surface area (Å²) in [6.45, 7) is 0.571. The summed E-state index contributed by atoms with van der Waals surface area (Å²) >= 11 is 15.7. The Morgan fingerprint density at radius 2 is 1.69 bits per heavy atom. The van der Waals surface area contributed by atoms with Crippen LogP contribution in [-0.2, 0) is 18.0 Å². The van der Waals surface area contributed by atoms with Gasteiger partial charge in [-0.25, -0.2) is 9.67 Å². The van der Waals surface area contributed by atoms with Gasteiger partial charge in [0.2, 0.25) is 0 Å². The fraction of sp³-hybridized carbons (Fsp3) is 0.0870. The van der Waals surface area contributed by atoms with E-state index in [4.69, 9.17) is 32.8 Å². The van der Waals surface area contributed by atoms with Gasteiger partial charge < -0.3 is 9.57 Å². The number of halogens is 3. The van der Waals surface area contributed by atoms with Crippen LogP contribution in [-0.4, -0.2) is 20.5 Å². The molecule has 0 bridgehead atoms.